The van der Waals surface area contributed by atoms with Crippen molar-refractivity contribution < 1.29 is 25.9 Å². The Labute approximate surface area is 372 Å². The van der Waals surface area contributed by atoms with Crippen LogP contribution in [0.1, 0.15) is 81.9 Å². The first-order valence-corrected chi connectivity index (χ1v) is 25.3. The zero-order chi connectivity index (χ0) is 44.4. The fraction of sp³-hybridized carbons (Fsp3) is 0.294. The predicted octanol–water partition coefficient (Wildman–Crippen LogP) is 12.8. The second kappa shape index (κ2) is 21.0. The van der Waals surface area contributed by atoms with Crippen LogP contribution in [0.5, 0.6) is 0 Å². The number of anilines is 2. The van der Waals surface area contributed by atoms with Gasteiger partial charge in [-0.1, -0.05) is 96.7 Å². The molecule has 11 heteroatoms. The molecule has 1 aliphatic carbocycles. The van der Waals surface area contributed by atoms with Crippen LogP contribution in [0.25, 0.3) is 27.1 Å². The van der Waals surface area contributed by atoms with E-state index >= 15 is 0 Å². The number of hydrogen-bond acceptors (Lipinski definition) is 7. The Balaban J connectivity index is 1.40. The van der Waals surface area contributed by atoms with Gasteiger partial charge in [0.15, 0.2) is 0 Å². The summed E-state index contributed by atoms with van der Waals surface area (Å²) in [6.45, 7) is 9.07. The molecular formula is C51H58N2O6S3. The zero-order valence-corrected chi connectivity index (χ0v) is 38.6. The molecule has 0 aromatic heterocycles. The monoisotopic (exact) mass is 890 g/mol. The number of thioether (sulfide) groups is 1. The second-order valence-electron chi connectivity index (χ2n) is 16.2. The Kier molecular flexibility index (Phi) is 15.8. The van der Waals surface area contributed by atoms with E-state index in [0.717, 1.165) is 68.6 Å². The maximum atomic E-state index is 11.6. The first-order valence-electron chi connectivity index (χ1n) is 21.2. The lowest BCUT2D eigenvalue weighted by Crippen LogP contribution is -2.24. The number of allylic oxidation sites excluding steroid dienone is 9. The van der Waals surface area contributed by atoms with E-state index in [2.05, 4.69) is 124 Å². The summed E-state index contributed by atoms with van der Waals surface area (Å²) >= 11 is 1.73. The number of fused-ring (bicyclic) bond motifs is 2. The molecule has 0 radical (unpaired) electrons. The fourth-order valence-corrected chi connectivity index (χ4v) is 10.5. The molecule has 0 spiro atoms. The molecule has 4 N–H and O–H groups in total. The summed E-state index contributed by atoms with van der Waals surface area (Å²) in [7, 11) is -8.10. The largest absolute Gasteiger partial charge is 0.399 e. The van der Waals surface area contributed by atoms with Gasteiger partial charge < -0.3 is 10.6 Å². The summed E-state index contributed by atoms with van der Waals surface area (Å²) in [5, 5.41) is 4.66. The smallest absolute Gasteiger partial charge is 0.264 e. The van der Waals surface area contributed by atoms with E-state index in [9.17, 15) is 25.9 Å². The highest BCUT2D eigenvalue weighted by molar-refractivity contribution is 8.03. The molecule has 8 nitrogen and oxygen atoms in total. The highest BCUT2D eigenvalue weighted by atomic mass is 32.2. The second-order valence-corrected chi connectivity index (χ2v) is 20.4. The average Bonchev–Trinajstić information content (AvgIpc) is 3.23. The van der Waals surface area contributed by atoms with Crippen LogP contribution >= 0.6 is 11.8 Å². The quantitative estimate of drug-likeness (QED) is 0.0340. The van der Waals surface area contributed by atoms with Crippen molar-refractivity contribution in [1.29, 1.82) is 0 Å². The minimum Gasteiger partial charge on any atom is -0.399 e. The number of unbranched alkanes of at least 4 members (excludes halogenated alkanes) is 2. The van der Waals surface area contributed by atoms with Gasteiger partial charge in [-0.25, -0.2) is 0 Å². The lowest BCUT2D eigenvalue weighted by Gasteiger charge is -2.28. The maximum Gasteiger partial charge on any atom is 0.264 e. The third-order valence-corrected chi connectivity index (χ3v) is 14.5. The summed E-state index contributed by atoms with van der Waals surface area (Å²) < 4.78 is 65.1. The SMILES string of the molecule is C/C(=C\C=C1/CCCC(/C=C/C(C)=C(\CCCCS(=O)(=O)O)c2ccc3ccccc3c2C)=C1Sc1ccc(N)cc1)N(CCCCS(=O)(=O)O)c1ccc2ccccc2c1C. The molecule has 0 aliphatic heterocycles. The molecule has 5 aromatic carbocycles. The molecular weight excluding hydrogens is 833 g/mol. The van der Waals surface area contributed by atoms with E-state index < -0.39 is 20.2 Å². The lowest BCUT2D eigenvalue weighted by molar-refractivity contribution is 0.478. The van der Waals surface area contributed by atoms with Gasteiger partial charge in [0.1, 0.15) is 0 Å². The van der Waals surface area contributed by atoms with Crippen LogP contribution in [0.4, 0.5) is 11.4 Å². The molecule has 0 heterocycles. The van der Waals surface area contributed by atoms with E-state index in [1.807, 2.05) is 30.3 Å². The summed E-state index contributed by atoms with van der Waals surface area (Å²) in [5.41, 5.74) is 17.0. The van der Waals surface area contributed by atoms with Gasteiger partial charge >= 0.3 is 0 Å². The van der Waals surface area contributed by atoms with Gasteiger partial charge in [-0.3, -0.25) is 9.11 Å². The fourth-order valence-electron chi connectivity index (χ4n) is 8.28. The van der Waals surface area contributed by atoms with Crippen molar-refractivity contribution in [3.05, 3.63) is 165 Å². The molecule has 0 unspecified atom stereocenters. The summed E-state index contributed by atoms with van der Waals surface area (Å²) in [6.07, 6.45) is 14.2. The third-order valence-electron chi connectivity index (χ3n) is 11.6. The standard InChI is InChI=1S/C51H58N2O6S3/c1-36(46(18-9-11-34-61(54,55)56)49-31-25-40-14-5-7-19-47(40)38(49)3)21-23-42-16-13-17-43(51(42)60-45-29-27-44(52)28-30-45)24-22-37(2)53(33-10-12-35-62(57,58)59)50-32-26-41-15-6-8-20-48(41)39(50)4/h5-8,14-15,19-32H,9-13,16-18,33-35,52H2,1-4H3,(H,54,55,56)(H,57,58,59)/b23-21+,37-22+,43-24+,46-36+. The first-order chi connectivity index (χ1) is 29.6. The molecule has 0 bridgehead atoms. The Morgan fingerprint density at radius 3 is 2.02 bits per heavy atom. The van der Waals surface area contributed by atoms with Gasteiger partial charge in [0, 0.05) is 33.4 Å². The number of hydrogen-bond donors (Lipinski definition) is 3. The van der Waals surface area contributed by atoms with E-state index in [1.165, 1.54) is 32.4 Å². The Morgan fingerprint density at radius 1 is 0.742 bits per heavy atom. The minimum atomic E-state index is -4.05. The van der Waals surface area contributed by atoms with Crippen molar-refractivity contribution in [2.24, 2.45) is 0 Å². The predicted molar refractivity (Wildman–Crippen MR) is 262 cm³/mol. The zero-order valence-electron chi connectivity index (χ0n) is 36.1. The number of rotatable bonds is 18. The maximum absolute atomic E-state index is 11.6. The van der Waals surface area contributed by atoms with Crippen molar-refractivity contribution in [3.63, 3.8) is 0 Å². The number of benzene rings is 5. The Hall–Kier alpha value is -4.91. The topological polar surface area (TPSA) is 138 Å². The molecule has 326 valence electrons. The van der Waals surface area contributed by atoms with Gasteiger partial charge in [0.2, 0.25) is 0 Å². The van der Waals surface area contributed by atoms with Crippen LogP contribution in [0.2, 0.25) is 0 Å². The van der Waals surface area contributed by atoms with Crippen LogP contribution in [0.15, 0.2) is 154 Å². The normalized spacial score (nSPS) is 15.3. The molecule has 6 rings (SSSR count). The summed E-state index contributed by atoms with van der Waals surface area (Å²) in [6, 6.07) is 33.2. The van der Waals surface area contributed by atoms with Crippen LogP contribution in [0.3, 0.4) is 0 Å². The van der Waals surface area contributed by atoms with E-state index in [-0.39, 0.29) is 11.5 Å². The van der Waals surface area contributed by atoms with Gasteiger partial charge in [-0.2, -0.15) is 16.8 Å². The van der Waals surface area contributed by atoms with Crippen molar-refractivity contribution in [1.82, 2.24) is 0 Å². The molecule has 62 heavy (non-hydrogen) atoms. The third kappa shape index (κ3) is 12.6. The van der Waals surface area contributed by atoms with Gasteiger partial charge in [-0.15, -0.1) is 0 Å². The van der Waals surface area contributed by atoms with Gasteiger partial charge in [0.05, 0.1) is 11.5 Å². The van der Waals surface area contributed by atoms with Crippen molar-refractivity contribution in [2.45, 2.75) is 84.0 Å². The first kappa shape index (κ1) is 46.6. The molecule has 1 aliphatic rings. The highest BCUT2D eigenvalue weighted by Gasteiger charge is 2.20. The molecule has 0 fully saturated rings. The average molecular weight is 891 g/mol. The van der Waals surface area contributed by atoms with Crippen LogP contribution in [-0.4, -0.2) is 44.0 Å². The molecule has 5 aromatic rings. The Morgan fingerprint density at radius 2 is 1.35 bits per heavy atom. The van der Waals surface area contributed by atoms with Crippen LogP contribution < -0.4 is 10.6 Å². The van der Waals surface area contributed by atoms with E-state index in [1.54, 1.807) is 11.8 Å². The van der Waals surface area contributed by atoms with Crippen molar-refractivity contribution in [2.75, 3.05) is 28.7 Å². The number of nitrogen functional groups attached to an aromatic ring is 1. The van der Waals surface area contributed by atoms with Gasteiger partial charge in [-0.05, 0) is 176 Å². The minimum absolute atomic E-state index is 0.263. The lowest BCUT2D eigenvalue weighted by atomic mass is 9.89. The van der Waals surface area contributed by atoms with Crippen molar-refractivity contribution >= 4 is 70.5 Å². The van der Waals surface area contributed by atoms with Gasteiger partial charge in [0.25, 0.3) is 20.2 Å². The van der Waals surface area contributed by atoms with Crippen molar-refractivity contribution in [3.8, 4) is 0 Å². The summed E-state index contributed by atoms with van der Waals surface area (Å²) in [4.78, 5) is 4.52. The van der Waals surface area contributed by atoms with E-state index in [4.69, 9.17) is 5.73 Å². The summed E-state index contributed by atoms with van der Waals surface area (Å²) in [5.74, 6) is -0.537. The Bertz CT molecular complexity index is 2800. The highest BCUT2D eigenvalue weighted by Crippen LogP contribution is 2.42. The molecule has 0 atom stereocenters. The molecule has 0 amide bonds. The number of nitrogens with two attached hydrogens (primary N) is 1. The van der Waals surface area contributed by atoms with E-state index in [0.29, 0.717) is 44.3 Å². The molecule has 0 saturated heterocycles. The molecule has 0 saturated carbocycles. The van der Waals surface area contributed by atoms with Crippen LogP contribution in [-0.2, 0) is 20.2 Å². The number of nitrogens with zero attached hydrogens (tertiary/aromatic N) is 1. The number of aryl methyl sites for hydroxylation is 2. The van der Waals surface area contributed by atoms with Crippen LogP contribution in [0, 0.1) is 13.8 Å².